The maximum absolute atomic E-state index is 13.5. The molecule has 0 fully saturated rings. The van der Waals surface area contributed by atoms with Gasteiger partial charge >= 0.3 is 0 Å². The number of halogens is 2. The van der Waals surface area contributed by atoms with E-state index >= 15 is 0 Å². The van der Waals surface area contributed by atoms with Crippen molar-refractivity contribution in [1.29, 1.82) is 0 Å². The van der Waals surface area contributed by atoms with Gasteiger partial charge in [-0.05, 0) is 19.1 Å². The second-order valence-corrected chi connectivity index (χ2v) is 6.23. The van der Waals surface area contributed by atoms with E-state index in [9.17, 15) is 8.78 Å². The third kappa shape index (κ3) is 2.73. The van der Waals surface area contributed by atoms with E-state index in [0.29, 0.717) is 5.76 Å². The summed E-state index contributed by atoms with van der Waals surface area (Å²) in [5, 5.41) is 0. The fourth-order valence-corrected chi connectivity index (χ4v) is 3.42. The molecule has 2 nitrogen and oxygen atoms in total. The normalized spacial score (nSPS) is 12.5. The minimum absolute atomic E-state index is 0.140. The van der Waals surface area contributed by atoms with Crippen molar-refractivity contribution in [2.45, 2.75) is 6.92 Å². The molecule has 1 heterocycles. The number of fused-ring (bicyclic) bond motifs is 2. The van der Waals surface area contributed by atoms with Gasteiger partial charge in [-0.3, -0.25) is 0 Å². The summed E-state index contributed by atoms with van der Waals surface area (Å²) in [5.74, 6) is -0.603. The van der Waals surface area contributed by atoms with E-state index in [2.05, 4.69) is 4.90 Å². The van der Waals surface area contributed by atoms with Crippen molar-refractivity contribution in [3.05, 3.63) is 95.3 Å². The van der Waals surface area contributed by atoms with Gasteiger partial charge in [0.25, 0.3) is 0 Å². The Bertz CT molecular complexity index is 956. The molecular weight excluding hydrogens is 332 g/mol. The molecule has 0 saturated carbocycles. The highest BCUT2D eigenvalue weighted by molar-refractivity contribution is 5.98. The number of hydrogen-bond donors (Lipinski definition) is 0. The Hall–Kier alpha value is -3.14. The fraction of sp³-hybridized carbons (Fsp3) is 0.0909. The summed E-state index contributed by atoms with van der Waals surface area (Å²) in [6.07, 6.45) is 0. The zero-order valence-electron chi connectivity index (χ0n) is 14.5. The molecule has 0 aromatic heterocycles. The molecule has 0 N–H and O–H groups in total. The van der Waals surface area contributed by atoms with E-state index in [0.717, 1.165) is 34.1 Å². The topological polar surface area (TPSA) is 12.5 Å². The lowest BCUT2D eigenvalue weighted by Gasteiger charge is -2.32. The number of anilines is 2. The van der Waals surface area contributed by atoms with Crippen molar-refractivity contribution in [3.63, 3.8) is 0 Å². The largest absolute Gasteiger partial charge is 0.461 e. The van der Waals surface area contributed by atoms with Gasteiger partial charge in [-0.2, -0.15) is 0 Å². The van der Waals surface area contributed by atoms with E-state index in [1.165, 1.54) is 12.1 Å². The van der Waals surface area contributed by atoms with Gasteiger partial charge in [0.15, 0.2) is 0 Å². The average molecular weight is 349 g/mol. The van der Waals surface area contributed by atoms with E-state index in [1.807, 2.05) is 62.5 Å². The van der Waals surface area contributed by atoms with Crippen molar-refractivity contribution in [2.75, 3.05) is 11.9 Å². The van der Waals surface area contributed by atoms with E-state index in [-0.39, 0.29) is 5.75 Å². The van der Waals surface area contributed by atoms with Crippen LogP contribution in [0.15, 0.2) is 72.5 Å². The molecular formula is C22H17F2NO. The molecule has 0 aliphatic carbocycles. The first-order valence-corrected chi connectivity index (χ1v) is 8.32. The summed E-state index contributed by atoms with van der Waals surface area (Å²) in [6, 6.07) is 19.2. The highest BCUT2D eigenvalue weighted by Crippen LogP contribution is 2.45. The van der Waals surface area contributed by atoms with Crippen molar-refractivity contribution in [2.24, 2.45) is 0 Å². The number of hydrogen-bond acceptors (Lipinski definition) is 2. The Morgan fingerprint density at radius 1 is 0.808 bits per heavy atom. The number of para-hydroxylation sites is 2. The first-order chi connectivity index (χ1) is 12.5. The highest BCUT2D eigenvalue weighted by Gasteiger charge is 2.25. The lowest BCUT2D eigenvalue weighted by atomic mass is 9.89. The smallest absolute Gasteiger partial charge is 0.132 e. The summed E-state index contributed by atoms with van der Waals surface area (Å²) >= 11 is 0. The zero-order valence-corrected chi connectivity index (χ0v) is 14.5. The Kier molecular flexibility index (Phi) is 3.96. The SMILES string of the molecule is CC(Oc1cc(F)cc(F)c1)=C1c2ccccc2N(C)c2ccccc21. The van der Waals surface area contributed by atoms with Crippen LogP contribution in [-0.4, -0.2) is 7.05 Å². The number of rotatable bonds is 2. The minimum atomic E-state index is -0.665. The van der Waals surface area contributed by atoms with Gasteiger partial charge in [-0.25, -0.2) is 8.78 Å². The van der Waals surface area contributed by atoms with Crippen LogP contribution in [-0.2, 0) is 0 Å². The zero-order chi connectivity index (χ0) is 18.3. The molecule has 1 aliphatic heterocycles. The molecule has 0 spiro atoms. The third-order valence-electron chi connectivity index (χ3n) is 4.53. The Morgan fingerprint density at radius 3 is 1.85 bits per heavy atom. The molecule has 0 amide bonds. The molecule has 0 saturated heterocycles. The number of benzene rings is 3. The first-order valence-electron chi connectivity index (χ1n) is 8.32. The Balaban J connectivity index is 1.89. The van der Waals surface area contributed by atoms with Gasteiger partial charge in [-0.15, -0.1) is 0 Å². The molecule has 4 rings (SSSR count). The quantitative estimate of drug-likeness (QED) is 0.534. The molecule has 0 bridgehead atoms. The summed E-state index contributed by atoms with van der Waals surface area (Å²) < 4.78 is 32.9. The molecule has 130 valence electrons. The van der Waals surface area contributed by atoms with Crippen LogP contribution in [0.25, 0.3) is 5.57 Å². The summed E-state index contributed by atoms with van der Waals surface area (Å²) in [7, 11) is 2.02. The van der Waals surface area contributed by atoms with Crippen LogP contribution in [0.3, 0.4) is 0 Å². The predicted molar refractivity (Wildman–Crippen MR) is 99.6 cm³/mol. The summed E-state index contributed by atoms with van der Waals surface area (Å²) in [6.45, 7) is 1.82. The molecule has 3 aromatic carbocycles. The average Bonchev–Trinajstić information content (AvgIpc) is 2.61. The van der Waals surface area contributed by atoms with Gasteiger partial charge < -0.3 is 9.64 Å². The molecule has 0 atom stereocenters. The predicted octanol–water partition coefficient (Wildman–Crippen LogP) is 5.90. The van der Waals surface area contributed by atoms with Crippen LogP contribution in [0.2, 0.25) is 0 Å². The second kappa shape index (κ2) is 6.30. The van der Waals surface area contributed by atoms with Gasteiger partial charge in [0.2, 0.25) is 0 Å². The lowest BCUT2D eigenvalue weighted by Crippen LogP contribution is -2.19. The first kappa shape index (κ1) is 16.3. The lowest BCUT2D eigenvalue weighted by molar-refractivity contribution is 0.422. The number of allylic oxidation sites excluding steroid dienone is 1. The molecule has 3 aromatic rings. The second-order valence-electron chi connectivity index (χ2n) is 6.23. The minimum Gasteiger partial charge on any atom is -0.461 e. The summed E-state index contributed by atoms with van der Waals surface area (Å²) in [5.41, 5.74) is 5.05. The van der Waals surface area contributed by atoms with Gasteiger partial charge in [-0.1, -0.05) is 36.4 Å². The number of nitrogens with zero attached hydrogens (tertiary/aromatic N) is 1. The van der Waals surface area contributed by atoms with Crippen molar-refractivity contribution in [1.82, 2.24) is 0 Å². The van der Waals surface area contributed by atoms with Crippen molar-refractivity contribution < 1.29 is 13.5 Å². The van der Waals surface area contributed by atoms with Crippen LogP contribution in [0.1, 0.15) is 18.1 Å². The van der Waals surface area contributed by atoms with Crippen LogP contribution in [0.4, 0.5) is 20.2 Å². The maximum atomic E-state index is 13.5. The Labute approximate surface area is 151 Å². The highest BCUT2D eigenvalue weighted by atomic mass is 19.1. The van der Waals surface area contributed by atoms with Gasteiger partial charge in [0, 0.05) is 53.3 Å². The Morgan fingerprint density at radius 2 is 1.31 bits per heavy atom. The van der Waals surface area contributed by atoms with Crippen LogP contribution < -0.4 is 9.64 Å². The van der Waals surface area contributed by atoms with E-state index in [4.69, 9.17) is 4.74 Å². The summed E-state index contributed by atoms with van der Waals surface area (Å²) in [4.78, 5) is 2.13. The van der Waals surface area contributed by atoms with E-state index in [1.54, 1.807) is 0 Å². The van der Waals surface area contributed by atoms with Crippen LogP contribution in [0.5, 0.6) is 5.75 Å². The fourth-order valence-electron chi connectivity index (χ4n) is 3.42. The van der Waals surface area contributed by atoms with Crippen LogP contribution in [0, 0.1) is 11.6 Å². The number of ether oxygens (including phenoxy) is 1. The van der Waals surface area contributed by atoms with Gasteiger partial charge in [0.05, 0.1) is 0 Å². The molecule has 26 heavy (non-hydrogen) atoms. The molecule has 0 unspecified atom stereocenters. The monoisotopic (exact) mass is 349 g/mol. The van der Waals surface area contributed by atoms with Gasteiger partial charge in [0.1, 0.15) is 23.1 Å². The van der Waals surface area contributed by atoms with E-state index < -0.39 is 11.6 Å². The standard InChI is InChI=1S/C22H17F2NO/c1-14(26-17-12-15(23)11-16(24)13-17)22-18-7-3-5-9-20(18)25(2)21-10-6-4-8-19(21)22/h3-13H,1-2H3. The van der Waals surface area contributed by atoms with Crippen molar-refractivity contribution >= 4 is 16.9 Å². The molecule has 0 radical (unpaired) electrons. The maximum Gasteiger partial charge on any atom is 0.132 e. The molecule has 4 heteroatoms. The van der Waals surface area contributed by atoms with Crippen molar-refractivity contribution in [3.8, 4) is 5.75 Å². The molecule has 1 aliphatic rings. The van der Waals surface area contributed by atoms with Crippen LogP contribution >= 0.6 is 0 Å². The third-order valence-corrected chi connectivity index (χ3v) is 4.53.